The Morgan fingerprint density at radius 2 is 2.11 bits per heavy atom. The standard InChI is InChI=1S/C13H17N3O3/c1-2-3-6-10-14-11(16-7-4-5-8-16)13(9-17,15-10)12(18)19/h4-5,7-8,17H,2-3,6,9H2,1H3,(H,18,19). The number of aromatic nitrogens is 1. The number of aliphatic carboxylic acids is 1. The van der Waals surface area contributed by atoms with E-state index in [1.165, 1.54) is 0 Å². The molecule has 1 aliphatic rings. The Kier molecular flexibility index (Phi) is 3.80. The van der Waals surface area contributed by atoms with Crippen molar-refractivity contribution >= 4 is 17.6 Å². The Hall–Kier alpha value is -1.95. The third-order valence-corrected chi connectivity index (χ3v) is 3.11. The summed E-state index contributed by atoms with van der Waals surface area (Å²) in [4.78, 5) is 20.0. The average Bonchev–Trinajstić information content (AvgIpc) is 3.03. The molecular weight excluding hydrogens is 246 g/mol. The first kappa shape index (κ1) is 13.5. The lowest BCUT2D eigenvalue weighted by Crippen LogP contribution is -2.49. The lowest BCUT2D eigenvalue weighted by atomic mass is 10.0. The molecule has 2 rings (SSSR count). The van der Waals surface area contributed by atoms with Crippen LogP contribution in [0.25, 0.3) is 0 Å². The normalized spacial score (nSPS) is 22.2. The molecule has 6 nitrogen and oxygen atoms in total. The average molecular weight is 263 g/mol. The second kappa shape index (κ2) is 5.36. The fourth-order valence-corrected chi connectivity index (χ4v) is 2.02. The number of rotatable bonds is 5. The number of carbonyl (C=O) groups is 1. The molecular formula is C13H17N3O3. The van der Waals surface area contributed by atoms with Gasteiger partial charge in [0.1, 0.15) is 5.84 Å². The molecule has 1 unspecified atom stereocenters. The van der Waals surface area contributed by atoms with Gasteiger partial charge in [-0.1, -0.05) is 13.3 Å². The maximum Gasteiger partial charge on any atom is 0.342 e. The van der Waals surface area contributed by atoms with Crippen LogP contribution >= 0.6 is 0 Å². The molecule has 0 radical (unpaired) electrons. The van der Waals surface area contributed by atoms with Crippen molar-refractivity contribution in [3.63, 3.8) is 0 Å². The highest BCUT2D eigenvalue weighted by Crippen LogP contribution is 2.23. The van der Waals surface area contributed by atoms with E-state index in [1.54, 1.807) is 29.1 Å². The van der Waals surface area contributed by atoms with Gasteiger partial charge in [0.25, 0.3) is 0 Å². The minimum absolute atomic E-state index is 0.249. The van der Waals surface area contributed by atoms with Gasteiger partial charge in [0.2, 0.25) is 5.54 Å². The molecule has 1 aliphatic heterocycles. The number of aliphatic hydroxyl groups excluding tert-OH is 1. The van der Waals surface area contributed by atoms with Crippen molar-refractivity contribution in [3.8, 4) is 0 Å². The predicted octanol–water partition coefficient (Wildman–Crippen LogP) is 1.15. The maximum absolute atomic E-state index is 11.5. The van der Waals surface area contributed by atoms with Crippen molar-refractivity contribution in [1.82, 2.24) is 4.57 Å². The van der Waals surface area contributed by atoms with Crippen molar-refractivity contribution in [2.75, 3.05) is 6.61 Å². The van der Waals surface area contributed by atoms with E-state index in [-0.39, 0.29) is 5.84 Å². The summed E-state index contributed by atoms with van der Waals surface area (Å²) in [6.45, 7) is 1.44. The zero-order valence-corrected chi connectivity index (χ0v) is 10.8. The fourth-order valence-electron chi connectivity index (χ4n) is 2.02. The molecule has 1 aromatic heterocycles. The number of nitrogens with zero attached hydrogens (tertiary/aromatic N) is 3. The number of carboxylic acids is 1. The number of amidine groups is 1. The molecule has 0 fully saturated rings. The van der Waals surface area contributed by atoms with Crippen LogP contribution in [-0.4, -0.2) is 44.6 Å². The molecule has 0 spiro atoms. The van der Waals surface area contributed by atoms with Gasteiger partial charge in [0, 0.05) is 18.8 Å². The molecule has 1 aromatic rings. The monoisotopic (exact) mass is 263 g/mol. The molecule has 0 saturated carbocycles. The molecule has 0 bridgehead atoms. The summed E-state index contributed by atoms with van der Waals surface area (Å²) in [6, 6.07) is 3.55. The number of hydrogen-bond donors (Lipinski definition) is 2. The smallest absolute Gasteiger partial charge is 0.342 e. The van der Waals surface area contributed by atoms with Gasteiger partial charge in [-0.2, -0.15) is 0 Å². The molecule has 2 N–H and O–H groups in total. The first-order valence-electron chi connectivity index (χ1n) is 6.29. The Labute approximate surface area is 111 Å². The van der Waals surface area contributed by atoms with E-state index in [9.17, 15) is 15.0 Å². The summed E-state index contributed by atoms with van der Waals surface area (Å²) < 4.78 is 1.59. The van der Waals surface area contributed by atoms with Crippen molar-refractivity contribution in [2.45, 2.75) is 31.7 Å². The van der Waals surface area contributed by atoms with E-state index >= 15 is 0 Å². The van der Waals surface area contributed by atoms with Crippen LogP contribution in [0.5, 0.6) is 0 Å². The summed E-state index contributed by atoms with van der Waals surface area (Å²) in [7, 11) is 0. The van der Waals surface area contributed by atoms with E-state index in [1.807, 2.05) is 6.92 Å². The van der Waals surface area contributed by atoms with Crippen LogP contribution in [0.1, 0.15) is 26.2 Å². The molecule has 0 saturated heterocycles. The van der Waals surface area contributed by atoms with Crippen LogP contribution in [0.4, 0.5) is 0 Å². The Morgan fingerprint density at radius 3 is 2.63 bits per heavy atom. The Balaban J connectivity index is 2.41. The van der Waals surface area contributed by atoms with Crippen LogP contribution in [0, 0.1) is 0 Å². The van der Waals surface area contributed by atoms with Gasteiger partial charge in [-0.05, 0) is 18.6 Å². The van der Waals surface area contributed by atoms with Crippen molar-refractivity contribution < 1.29 is 15.0 Å². The van der Waals surface area contributed by atoms with Crippen molar-refractivity contribution in [2.24, 2.45) is 9.98 Å². The van der Waals surface area contributed by atoms with E-state index in [2.05, 4.69) is 9.98 Å². The highest BCUT2D eigenvalue weighted by Gasteiger charge is 2.48. The maximum atomic E-state index is 11.5. The second-order valence-corrected chi connectivity index (χ2v) is 4.48. The zero-order chi connectivity index (χ0) is 13.9. The number of hydrogen-bond acceptors (Lipinski definition) is 4. The molecule has 102 valence electrons. The molecule has 2 heterocycles. The first-order valence-corrected chi connectivity index (χ1v) is 6.29. The summed E-state index contributed by atoms with van der Waals surface area (Å²) in [5.41, 5.74) is -1.68. The highest BCUT2D eigenvalue weighted by atomic mass is 16.4. The van der Waals surface area contributed by atoms with Gasteiger partial charge in [-0.3, -0.25) is 0 Å². The molecule has 6 heteroatoms. The zero-order valence-electron chi connectivity index (χ0n) is 10.8. The summed E-state index contributed by atoms with van der Waals surface area (Å²) in [5, 5.41) is 18.9. The van der Waals surface area contributed by atoms with Gasteiger partial charge in [-0.15, -0.1) is 0 Å². The summed E-state index contributed by atoms with van der Waals surface area (Å²) in [5.74, 6) is -0.449. The van der Waals surface area contributed by atoms with E-state index in [4.69, 9.17) is 0 Å². The van der Waals surface area contributed by atoms with Crippen molar-refractivity contribution in [1.29, 1.82) is 0 Å². The SMILES string of the molecule is CCCCC1=NC(CO)(C(=O)O)C(n2cccc2)=N1. The Morgan fingerprint density at radius 1 is 1.42 bits per heavy atom. The minimum atomic E-state index is -1.68. The minimum Gasteiger partial charge on any atom is -0.479 e. The lowest BCUT2D eigenvalue weighted by Gasteiger charge is -2.21. The fraction of sp³-hybridized carbons (Fsp3) is 0.462. The van der Waals surface area contributed by atoms with E-state index < -0.39 is 18.1 Å². The molecule has 0 aromatic carbocycles. The largest absolute Gasteiger partial charge is 0.479 e. The van der Waals surface area contributed by atoms with Gasteiger partial charge >= 0.3 is 5.97 Å². The van der Waals surface area contributed by atoms with Crippen LogP contribution in [0.3, 0.4) is 0 Å². The third kappa shape index (κ3) is 2.31. The highest BCUT2D eigenvalue weighted by molar-refractivity contribution is 6.19. The van der Waals surface area contributed by atoms with Crippen molar-refractivity contribution in [3.05, 3.63) is 24.5 Å². The van der Waals surface area contributed by atoms with E-state index in [0.717, 1.165) is 12.8 Å². The number of aliphatic hydroxyl groups is 1. The van der Waals surface area contributed by atoms with Gasteiger partial charge < -0.3 is 14.8 Å². The summed E-state index contributed by atoms with van der Waals surface area (Å²) in [6.07, 6.45) is 5.89. The second-order valence-electron chi connectivity index (χ2n) is 4.48. The molecule has 1 atom stereocenters. The summed E-state index contributed by atoms with van der Waals surface area (Å²) >= 11 is 0. The Bertz CT molecular complexity index is 519. The van der Waals surface area contributed by atoms with Crippen LogP contribution in [0.2, 0.25) is 0 Å². The lowest BCUT2D eigenvalue weighted by molar-refractivity contribution is -0.141. The quantitative estimate of drug-likeness (QED) is 0.835. The number of aliphatic imine (C=N–C) groups is 2. The topological polar surface area (TPSA) is 87.2 Å². The predicted molar refractivity (Wildman–Crippen MR) is 71.7 cm³/mol. The van der Waals surface area contributed by atoms with Crippen LogP contribution < -0.4 is 0 Å². The van der Waals surface area contributed by atoms with Crippen LogP contribution in [0.15, 0.2) is 34.5 Å². The third-order valence-electron chi connectivity index (χ3n) is 3.11. The number of carboxylic acid groups (broad SMARTS) is 1. The van der Waals surface area contributed by atoms with Gasteiger partial charge in [-0.25, -0.2) is 14.8 Å². The van der Waals surface area contributed by atoms with Crippen LogP contribution in [-0.2, 0) is 4.79 Å². The molecule has 0 aliphatic carbocycles. The van der Waals surface area contributed by atoms with Gasteiger partial charge in [0.05, 0.1) is 6.61 Å². The van der Waals surface area contributed by atoms with E-state index in [0.29, 0.717) is 12.3 Å². The molecule has 0 amide bonds. The first-order chi connectivity index (χ1) is 9.14. The number of unbranched alkanes of at least 4 members (excludes halogenated alkanes) is 1. The molecule has 19 heavy (non-hydrogen) atoms. The van der Waals surface area contributed by atoms with Gasteiger partial charge in [0.15, 0.2) is 5.84 Å².